The lowest BCUT2D eigenvalue weighted by molar-refractivity contribution is -0.132. The number of fused-ring (bicyclic) bond motifs is 3. The van der Waals surface area contributed by atoms with E-state index in [-0.39, 0.29) is 17.2 Å². The smallest absolute Gasteiger partial charge is 0.245 e. The van der Waals surface area contributed by atoms with E-state index in [0.29, 0.717) is 73.9 Å². The van der Waals surface area contributed by atoms with Crippen molar-refractivity contribution < 1.29 is 28.5 Å². The molecule has 0 bridgehead atoms. The Bertz CT molecular complexity index is 1710. The van der Waals surface area contributed by atoms with Crippen LogP contribution in [0.4, 0.5) is 11.4 Å². The minimum absolute atomic E-state index is 0.0316. The summed E-state index contributed by atoms with van der Waals surface area (Å²) in [4.78, 5) is 44.5. The number of thioether (sulfide) groups is 1. The van der Waals surface area contributed by atoms with Crippen molar-refractivity contribution in [3.05, 3.63) is 69.9 Å². The number of carbonyl (C=O) groups excluding carboxylic acids is 2. The summed E-state index contributed by atoms with van der Waals surface area (Å²) < 4.78 is 22.5. The van der Waals surface area contributed by atoms with E-state index in [0.717, 1.165) is 33.9 Å². The molecule has 1 aliphatic heterocycles. The van der Waals surface area contributed by atoms with Crippen LogP contribution < -0.4 is 39.9 Å². The first kappa shape index (κ1) is 35.7. The van der Waals surface area contributed by atoms with E-state index in [1.54, 1.807) is 52.3 Å². The standard InChI is InChI=1S/C37H46N4O7S/c1-23(42)38-29-13-7-24-21-33(46-3)35(47-4)36(48-5)34(24)27-12-14-30(32(43)22-28(27)29)39-31(15-20-49-6)37(44)41-18-16-40(17-19-41)25-8-10-26(45-2)11-9-25/h8-12,14,21-22,29,31H,7,13,15-20H2,1-6H3,(H,38,42)(H,39,43)/t29-,31+/m0/s1. The quantitative estimate of drug-likeness (QED) is 0.276. The van der Waals surface area contributed by atoms with Gasteiger partial charge in [-0.15, -0.1) is 0 Å². The molecule has 1 fully saturated rings. The third kappa shape index (κ3) is 7.85. The number of benzene rings is 2. The highest BCUT2D eigenvalue weighted by atomic mass is 32.2. The number of anilines is 2. The van der Waals surface area contributed by atoms with Crippen molar-refractivity contribution in [2.45, 2.75) is 38.3 Å². The number of carbonyl (C=O) groups is 2. The molecular weight excluding hydrogens is 644 g/mol. The lowest BCUT2D eigenvalue weighted by Gasteiger charge is -2.37. The summed E-state index contributed by atoms with van der Waals surface area (Å²) in [7, 11) is 6.35. The molecule has 2 atom stereocenters. The summed E-state index contributed by atoms with van der Waals surface area (Å²) in [5.74, 6) is 2.77. The van der Waals surface area contributed by atoms with E-state index in [1.807, 2.05) is 47.6 Å². The van der Waals surface area contributed by atoms with Crippen LogP contribution in [0, 0.1) is 0 Å². The molecule has 262 valence electrons. The van der Waals surface area contributed by atoms with Crippen LogP contribution in [-0.4, -0.2) is 89.4 Å². The second kappa shape index (κ2) is 16.2. The average Bonchev–Trinajstić information content (AvgIpc) is 3.36. The number of nitrogens with one attached hydrogen (secondary N) is 2. The predicted octanol–water partition coefficient (Wildman–Crippen LogP) is 4.75. The Balaban J connectivity index is 1.48. The molecule has 2 amide bonds. The van der Waals surface area contributed by atoms with Crippen LogP contribution in [0.3, 0.4) is 0 Å². The maximum Gasteiger partial charge on any atom is 0.245 e. The van der Waals surface area contributed by atoms with Gasteiger partial charge in [-0.3, -0.25) is 14.4 Å². The zero-order valence-corrected chi connectivity index (χ0v) is 29.9. The van der Waals surface area contributed by atoms with Crippen LogP contribution in [-0.2, 0) is 16.0 Å². The van der Waals surface area contributed by atoms with Gasteiger partial charge in [-0.1, -0.05) is 6.07 Å². The Kier molecular flexibility index (Phi) is 11.8. The molecule has 12 heteroatoms. The van der Waals surface area contributed by atoms with E-state index in [1.165, 1.54) is 6.92 Å². The van der Waals surface area contributed by atoms with Gasteiger partial charge in [0.05, 0.1) is 40.2 Å². The zero-order chi connectivity index (χ0) is 35.1. The van der Waals surface area contributed by atoms with Crippen LogP contribution in [0.2, 0.25) is 0 Å². The fourth-order valence-corrected chi connectivity index (χ4v) is 7.18. The van der Waals surface area contributed by atoms with Crippen molar-refractivity contribution in [2.75, 3.05) is 76.8 Å². The molecule has 1 heterocycles. The van der Waals surface area contributed by atoms with E-state index in [9.17, 15) is 14.4 Å². The number of amides is 2. The van der Waals surface area contributed by atoms with Gasteiger partial charge in [0.25, 0.3) is 0 Å². The molecule has 0 radical (unpaired) electrons. The Labute approximate surface area is 292 Å². The summed E-state index contributed by atoms with van der Waals surface area (Å²) in [6.45, 7) is 4.02. The first-order valence-corrected chi connectivity index (χ1v) is 17.8. The highest BCUT2D eigenvalue weighted by Gasteiger charge is 2.31. The molecule has 0 saturated carbocycles. The van der Waals surface area contributed by atoms with Crippen molar-refractivity contribution >= 4 is 35.0 Å². The van der Waals surface area contributed by atoms with Crippen molar-refractivity contribution in [2.24, 2.45) is 0 Å². The van der Waals surface area contributed by atoms with Gasteiger partial charge in [-0.05, 0) is 90.4 Å². The normalized spacial score (nSPS) is 16.0. The minimum Gasteiger partial charge on any atom is -0.497 e. The molecule has 3 aromatic rings. The molecule has 5 rings (SSSR count). The number of aryl methyl sites for hydroxylation is 1. The van der Waals surface area contributed by atoms with E-state index in [2.05, 4.69) is 15.5 Å². The van der Waals surface area contributed by atoms with Crippen molar-refractivity contribution in [3.8, 4) is 34.1 Å². The van der Waals surface area contributed by atoms with Gasteiger partial charge in [0.1, 0.15) is 11.8 Å². The second-order valence-corrected chi connectivity index (χ2v) is 13.1. The van der Waals surface area contributed by atoms with Crippen LogP contribution >= 0.6 is 11.8 Å². The summed E-state index contributed by atoms with van der Waals surface area (Å²) in [5, 5.41) is 6.38. The van der Waals surface area contributed by atoms with Crippen molar-refractivity contribution in [1.82, 2.24) is 10.2 Å². The summed E-state index contributed by atoms with van der Waals surface area (Å²) in [6.07, 6.45) is 3.72. The minimum atomic E-state index is -0.591. The molecule has 2 aliphatic rings. The average molecular weight is 691 g/mol. The van der Waals surface area contributed by atoms with Gasteiger partial charge in [0, 0.05) is 44.4 Å². The van der Waals surface area contributed by atoms with Gasteiger partial charge >= 0.3 is 0 Å². The van der Waals surface area contributed by atoms with Crippen LogP contribution in [0.1, 0.15) is 36.9 Å². The highest BCUT2D eigenvalue weighted by molar-refractivity contribution is 7.98. The van der Waals surface area contributed by atoms with Gasteiger partial charge < -0.3 is 39.4 Å². The molecule has 1 aliphatic carbocycles. The molecule has 0 unspecified atom stereocenters. The Morgan fingerprint density at radius 3 is 2.24 bits per heavy atom. The number of rotatable bonds is 12. The molecule has 49 heavy (non-hydrogen) atoms. The topological polar surface area (TPSA) is 119 Å². The molecule has 11 nitrogen and oxygen atoms in total. The number of methoxy groups -OCH3 is 4. The predicted molar refractivity (Wildman–Crippen MR) is 195 cm³/mol. The molecule has 1 saturated heterocycles. The first-order valence-electron chi connectivity index (χ1n) is 16.4. The van der Waals surface area contributed by atoms with Crippen LogP contribution in [0.25, 0.3) is 11.1 Å². The van der Waals surface area contributed by atoms with Gasteiger partial charge in [0.2, 0.25) is 23.0 Å². The fraction of sp³-hybridized carbons (Fsp3) is 0.432. The summed E-state index contributed by atoms with van der Waals surface area (Å²) in [6, 6.07) is 14.0. The highest BCUT2D eigenvalue weighted by Crippen LogP contribution is 2.50. The Hall–Kier alpha value is -4.58. The summed E-state index contributed by atoms with van der Waals surface area (Å²) in [5.41, 5.74) is 4.24. The number of piperazine rings is 1. The fourth-order valence-electron chi connectivity index (χ4n) is 6.71. The molecule has 2 N–H and O–H groups in total. The summed E-state index contributed by atoms with van der Waals surface area (Å²) >= 11 is 1.66. The number of hydrogen-bond acceptors (Lipinski definition) is 10. The van der Waals surface area contributed by atoms with Crippen LogP contribution in [0.15, 0.2) is 53.3 Å². The second-order valence-electron chi connectivity index (χ2n) is 12.1. The van der Waals surface area contributed by atoms with Gasteiger partial charge in [0.15, 0.2) is 11.5 Å². The van der Waals surface area contributed by atoms with Gasteiger partial charge in [-0.25, -0.2) is 0 Å². The van der Waals surface area contributed by atoms with Gasteiger partial charge in [-0.2, -0.15) is 11.8 Å². The number of nitrogens with zero attached hydrogens (tertiary/aromatic N) is 2. The number of ether oxygens (including phenoxy) is 4. The first-order chi connectivity index (χ1) is 23.7. The lowest BCUT2D eigenvalue weighted by atomic mass is 9.95. The van der Waals surface area contributed by atoms with Crippen molar-refractivity contribution in [3.63, 3.8) is 0 Å². The maximum absolute atomic E-state index is 14.0. The molecule has 3 aromatic carbocycles. The largest absolute Gasteiger partial charge is 0.497 e. The zero-order valence-electron chi connectivity index (χ0n) is 29.1. The third-order valence-corrected chi connectivity index (χ3v) is 9.83. The van der Waals surface area contributed by atoms with Crippen LogP contribution in [0.5, 0.6) is 23.0 Å². The third-order valence-electron chi connectivity index (χ3n) is 9.18. The molecular formula is C37H46N4O7S. The molecule has 0 aromatic heterocycles. The van der Waals surface area contributed by atoms with E-state index in [4.69, 9.17) is 18.9 Å². The SMILES string of the molecule is COc1ccc(N2CCN(C(=O)[C@@H](CCSC)Nc3ccc4c(cc3=O)[C@@H](NC(C)=O)CCc3cc(OC)c(OC)c(OC)c3-4)CC2)cc1. The number of hydrogen-bond donors (Lipinski definition) is 2. The van der Waals surface area contributed by atoms with E-state index < -0.39 is 12.1 Å². The monoisotopic (exact) mass is 690 g/mol. The lowest BCUT2D eigenvalue weighted by Crippen LogP contribution is -2.53. The van der Waals surface area contributed by atoms with E-state index >= 15 is 0 Å². The Morgan fingerprint density at radius 1 is 0.918 bits per heavy atom. The van der Waals surface area contributed by atoms with Crippen molar-refractivity contribution in [1.29, 1.82) is 0 Å². The maximum atomic E-state index is 14.0. The molecule has 0 spiro atoms. The Morgan fingerprint density at radius 2 is 1.63 bits per heavy atom.